The Labute approximate surface area is 147 Å². The zero-order valence-corrected chi connectivity index (χ0v) is 14.2. The number of aryl methyl sites for hydroxylation is 1. The average Bonchev–Trinajstić information content (AvgIpc) is 2.60. The molecule has 0 bridgehead atoms. The van der Waals surface area contributed by atoms with Crippen molar-refractivity contribution < 1.29 is 22.4 Å². The van der Waals surface area contributed by atoms with Crippen LogP contribution in [0.5, 0.6) is 0 Å². The number of benzene rings is 2. The third-order valence-corrected chi connectivity index (χ3v) is 4.03. The van der Waals surface area contributed by atoms with Crippen molar-refractivity contribution in [2.75, 3.05) is 0 Å². The zero-order chi connectivity index (χ0) is 18.9. The van der Waals surface area contributed by atoms with Crippen LogP contribution in [0.25, 0.3) is 11.0 Å². The Kier molecular flexibility index (Phi) is 4.68. The molecule has 0 fully saturated rings. The fourth-order valence-corrected chi connectivity index (χ4v) is 2.57. The molecular weight excluding hydrogens is 343 g/mol. The summed E-state index contributed by atoms with van der Waals surface area (Å²) in [7, 11) is 0. The van der Waals surface area contributed by atoms with Gasteiger partial charge in [0.15, 0.2) is 5.78 Å². The highest BCUT2D eigenvalue weighted by Gasteiger charge is 2.30. The molecule has 0 saturated heterocycles. The van der Waals surface area contributed by atoms with Crippen LogP contribution in [0.4, 0.5) is 18.9 Å². The average molecular weight is 359 g/mol. The monoisotopic (exact) mass is 359 g/mol. The maximum absolute atomic E-state index is 12.9. The molecule has 0 aliphatic heterocycles. The van der Waals surface area contributed by atoms with Crippen molar-refractivity contribution in [3.8, 4) is 0 Å². The number of alkyl halides is 3. The van der Waals surface area contributed by atoms with Crippen molar-refractivity contribution in [3.05, 3.63) is 70.8 Å². The van der Waals surface area contributed by atoms with Crippen molar-refractivity contribution >= 4 is 22.4 Å². The maximum Gasteiger partial charge on any atom is 0.416 e. The van der Waals surface area contributed by atoms with Gasteiger partial charge in [-0.2, -0.15) is 13.2 Å². The van der Waals surface area contributed by atoms with Gasteiger partial charge in [0.1, 0.15) is 5.58 Å². The van der Waals surface area contributed by atoms with E-state index in [9.17, 15) is 18.0 Å². The summed E-state index contributed by atoms with van der Waals surface area (Å²) < 4.78 is 44.3. The van der Waals surface area contributed by atoms with Gasteiger partial charge in [-0.1, -0.05) is 19.1 Å². The molecule has 1 aromatic heterocycles. The van der Waals surface area contributed by atoms with E-state index in [1.54, 1.807) is 12.1 Å². The van der Waals surface area contributed by atoms with Gasteiger partial charge in [-0.15, -0.1) is 0 Å². The molecule has 0 aliphatic rings. The molecule has 6 heteroatoms. The van der Waals surface area contributed by atoms with E-state index in [1.165, 1.54) is 19.1 Å². The first-order valence-corrected chi connectivity index (χ1v) is 8.07. The molecule has 0 aliphatic carbocycles. The van der Waals surface area contributed by atoms with Crippen molar-refractivity contribution in [1.29, 1.82) is 0 Å². The molecule has 0 radical (unpaired) electrons. The van der Waals surface area contributed by atoms with Gasteiger partial charge in [-0.05, 0) is 55.3 Å². The minimum Gasteiger partial charge on any atom is -0.438 e. The van der Waals surface area contributed by atoms with E-state index in [2.05, 4.69) is 4.99 Å². The van der Waals surface area contributed by atoms with E-state index in [0.717, 1.165) is 24.1 Å². The fourth-order valence-electron chi connectivity index (χ4n) is 2.57. The lowest BCUT2D eigenvalue weighted by molar-refractivity contribution is -0.137. The van der Waals surface area contributed by atoms with Crippen molar-refractivity contribution in [2.24, 2.45) is 4.99 Å². The molecule has 3 rings (SSSR count). The summed E-state index contributed by atoms with van der Waals surface area (Å²) in [5, 5.41) is 0.199. The van der Waals surface area contributed by atoms with Gasteiger partial charge in [0.05, 0.1) is 16.8 Å². The number of carbonyl (C=O) groups excluding carboxylic acids is 1. The number of hydrogen-bond acceptors (Lipinski definition) is 3. The third kappa shape index (κ3) is 3.69. The molecule has 0 N–H and O–H groups in total. The van der Waals surface area contributed by atoms with Crippen molar-refractivity contribution in [2.45, 2.75) is 26.4 Å². The summed E-state index contributed by atoms with van der Waals surface area (Å²) in [6, 6.07) is 12.0. The number of halogens is 3. The van der Waals surface area contributed by atoms with Crippen LogP contribution in [-0.2, 0) is 12.6 Å². The van der Waals surface area contributed by atoms with Crippen LogP contribution in [0.3, 0.4) is 0 Å². The van der Waals surface area contributed by atoms with Crippen molar-refractivity contribution in [1.82, 2.24) is 0 Å². The van der Waals surface area contributed by atoms with E-state index in [1.807, 2.05) is 19.1 Å². The van der Waals surface area contributed by atoms with E-state index in [0.29, 0.717) is 5.69 Å². The first-order valence-electron chi connectivity index (χ1n) is 8.07. The van der Waals surface area contributed by atoms with Crippen molar-refractivity contribution in [3.63, 3.8) is 0 Å². The number of nitrogens with zero attached hydrogens (tertiary/aromatic N) is 1. The zero-order valence-electron chi connectivity index (χ0n) is 14.2. The molecule has 2 aromatic carbocycles. The SMILES string of the molecule is CCc1ccc(/N=c2\oc3ccc(C(F)(F)F)cc3cc2C(C)=O)cc1. The van der Waals surface area contributed by atoms with Gasteiger partial charge < -0.3 is 4.42 Å². The van der Waals surface area contributed by atoms with Gasteiger partial charge in [0.2, 0.25) is 5.55 Å². The molecule has 3 nitrogen and oxygen atoms in total. The second kappa shape index (κ2) is 6.78. The smallest absolute Gasteiger partial charge is 0.416 e. The summed E-state index contributed by atoms with van der Waals surface area (Å²) in [5.74, 6) is -0.336. The van der Waals surface area contributed by atoms with Crippen LogP contribution in [0.2, 0.25) is 0 Å². The predicted octanol–water partition coefficient (Wildman–Crippen LogP) is 5.45. The lowest BCUT2D eigenvalue weighted by Crippen LogP contribution is -2.13. The summed E-state index contributed by atoms with van der Waals surface area (Å²) in [4.78, 5) is 16.3. The predicted molar refractivity (Wildman–Crippen MR) is 92.3 cm³/mol. The highest BCUT2D eigenvalue weighted by Crippen LogP contribution is 2.31. The Morgan fingerprint density at radius 3 is 2.35 bits per heavy atom. The topological polar surface area (TPSA) is 42.6 Å². The molecule has 0 amide bonds. The molecule has 0 spiro atoms. The van der Waals surface area contributed by atoms with Gasteiger partial charge in [-0.25, -0.2) is 4.99 Å². The van der Waals surface area contributed by atoms with E-state index in [4.69, 9.17) is 4.42 Å². The first-order chi connectivity index (χ1) is 12.3. The van der Waals surface area contributed by atoms with Crippen LogP contribution in [0, 0.1) is 0 Å². The van der Waals surface area contributed by atoms with Gasteiger partial charge >= 0.3 is 6.18 Å². The number of fused-ring (bicyclic) bond motifs is 1. The van der Waals surface area contributed by atoms with Gasteiger partial charge in [0, 0.05) is 5.39 Å². The summed E-state index contributed by atoms with van der Waals surface area (Å²) in [5.41, 5.74) is 1.39. The maximum atomic E-state index is 12.9. The molecule has 26 heavy (non-hydrogen) atoms. The molecule has 1 heterocycles. The van der Waals surface area contributed by atoms with Crippen LogP contribution in [0.1, 0.15) is 35.3 Å². The summed E-state index contributed by atoms with van der Waals surface area (Å²) in [6.07, 6.45) is -3.57. The summed E-state index contributed by atoms with van der Waals surface area (Å²) >= 11 is 0. The van der Waals surface area contributed by atoms with E-state index < -0.39 is 11.7 Å². The second-order valence-electron chi connectivity index (χ2n) is 5.90. The standard InChI is InChI=1S/C20H16F3NO2/c1-3-13-4-7-16(8-5-13)24-19-17(12(2)25)11-14-10-15(20(21,22)23)6-9-18(14)26-19/h4-11H,3H2,1-2H3/b24-19-. The van der Waals surface area contributed by atoms with Crippen LogP contribution in [-0.4, -0.2) is 5.78 Å². The Bertz CT molecular complexity index is 1030. The highest BCUT2D eigenvalue weighted by atomic mass is 19.4. The second-order valence-corrected chi connectivity index (χ2v) is 5.90. The van der Waals surface area contributed by atoms with E-state index in [-0.39, 0.29) is 27.9 Å². The van der Waals surface area contributed by atoms with E-state index >= 15 is 0 Å². The Balaban J connectivity index is 2.19. The molecule has 0 saturated carbocycles. The Morgan fingerprint density at radius 1 is 1.08 bits per heavy atom. The van der Waals surface area contributed by atoms with Gasteiger partial charge in [0.25, 0.3) is 0 Å². The molecule has 0 unspecified atom stereocenters. The Hall–Kier alpha value is -2.89. The number of Topliss-reactive ketones (excluding diaryl/α,β-unsaturated/α-hetero) is 1. The normalized spacial score (nSPS) is 12.6. The minimum atomic E-state index is -4.46. The molecular formula is C20H16F3NO2. The van der Waals surface area contributed by atoms with Gasteiger partial charge in [-0.3, -0.25) is 4.79 Å². The lowest BCUT2D eigenvalue weighted by Gasteiger charge is -2.08. The molecule has 3 aromatic rings. The number of hydrogen-bond donors (Lipinski definition) is 0. The first kappa shape index (κ1) is 17.9. The quantitative estimate of drug-likeness (QED) is 0.584. The molecule has 134 valence electrons. The van der Waals surface area contributed by atoms with Crippen LogP contribution in [0.15, 0.2) is 57.9 Å². The van der Waals surface area contributed by atoms with Crippen LogP contribution >= 0.6 is 0 Å². The largest absolute Gasteiger partial charge is 0.438 e. The summed E-state index contributed by atoms with van der Waals surface area (Å²) in [6.45, 7) is 3.36. The number of ketones is 1. The minimum absolute atomic E-state index is 0.0778. The Morgan fingerprint density at radius 2 is 1.77 bits per heavy atom. The number of carbonyl (C=O) groups is 1. The number of rotatable bonds is 3. The third-order valence-electron chi connectivity index (χ3n) is 4.03. The molecule has 0 atom stereocenters. The van der Waals surface area contributed by atoms with Crippen LogP contribution < -0.4 is 5.55 Å². The fraction of sp³-hybridized carbons (Fsp3) is 0.200. The highest BCUT2D eigenvalue weighted by molar-refractivity contribution is 5.96. The lowest BCUT2D eigenvalue weighted by atomic mass is 10.1.